The monoisotopic (exact) mass is 377 g/mol. The molecular formula is C21H32ClN3O. The van der Waals surface area contributed by atoms with Gasteiger partial charge in [0.15, 0.2) is 0 Å². The largest absolute Gasteiger partial charge is 0.366 e. The average Bonchev–Trinajstić information content (AvgIpc) is 2.59. The van der Waals surface area contributed by atoms with Crippen molar-refractivity contribution in [2.45, 2.75) is 52.5 Å². The van der Waals surface area contributed by atoms with Crippen LogP contribution in [0.15, 0.2) is 18.2 Å². The maximum atomic E-state index is 11.9. The van der Waals surface area contributed by atoms with Crippen molar-refractivity contribution in [3.63, 3.8) is 0 Å². The Hall–Kier alpha value is -1.26. The molecule has 0 aliphatic carbocycles. The lowest BCUT2D eigenvalue weighted by atomic mass is 9.94. The molecule has 26 heavy (non-hydrogen) atoms. The highest BCUT2D eigenvalue weighted by molar-refractivity contribution is 6.30. The summed E-state index contributed by atoms with van der Waals surface area (Å²) in [5.74, 6) is 0.145. The van der Waals surface area contributed by atoms with Crippen molar-refractivity contribution in [2.24, 2.45) is 5.41 Å². The van der Waals surface area contributed by atoms with Crippen LogP contribution in [-0.4, -0.2) is 49.6 Å². The summed E-state index contributed by atoms with van der Waals surface area (Å²) in [6.07, 6.45) is 4.53. The summed E-state index contributed by atoms with van der Waals surface area (Å²) in [6, 6.07) is 6.96. The Morgan fingerprint density at radius 3 is 2.85 bits per heavy atom. The first-order valence-electron chi connectivity index (χ1n) is 9.90. The van der Waals surface area contributed by atoms with E-state index in [-0.39, 0.29) is 11.3 Å². The Labute approximate surface area is 162 Å². The Kier molecular flexibility index (Phi) is 6.13. The summed E-state index contributed by atoms with van der Waals surface area (Å²) >= 11 is 6.15. The van der Waals surface area contributed by atoms with Crippen LogP contribution < -0.4 is 10.2 Å². The number of hydrogen-bond donors (Lipinski definition) is 1. The topological polar surface area (TPSA) is 35.6 Å². The summed E-state index contributed by atoms with van der Waals surface area (Å²) < 4.78 is 0. The lowest BCUT2D eigenvalue weighted by Gasteiger charge is -2.46. The maximum absolute atomic E-state index is 11.9. The van der Waals surface area contributed by atoms with Crippen LogP contribution in [0.3, 0.4) is 0 Å². The maximum Gasteiger partial charge on any atom is 0.225 e. The van der Waals surface area contributed by atoms with Gasteiger partial charge in [-0.3, -0.25) is 9.69 Å². The molecule has 1 atom stereocenters. The zero-order chi connectivity index (χ0) is 18.7. The van der Waals surface area contributed by atoms with Gasteiger partial charge in [-0.2, -0.15) is 0 Å². The highest BCUT2D eigenvalue weighted by Gasteiger charge is 2.31. The number of hydrogen-bond acceptors (Lipinski definition) is 3. The molecule has 1 N–H and O–H groups in total. The molecule has 144 valence electrons. The molecule has 2 aliphatic rings. The van der Waals surface area contributed by atoms with Gasteiger partial charge in [0, 0.05) is 48.3 Å². The number of fused-ring (bicyclic) bond motifs is 3. The van der Waals surface area contributed by atoms with Gasteiger partial charge in [-0.05, 0) is 56.0 Å². The summed E-state index contributed by atoms with van der Waals surface area (Å²) in [7, 11) is 0. The summed E-state index contributed by atoms with van der Waals surface area (Å²) in [6.45, 7) is 11.1. The molecule has 3 rings (SSSR count). The molecule has 2 heterocycles. The normalized spacial score (nSPS) is 20.5. The van der Waals surface area contributed by atoms with Gasteiger partial charge in [-0.25, -0.2) is 0 Å². The Morgan fingerprint density at radius 2 is 2.08 bits per heavy atom. The first kappa shape index (κ1) is 19.5. The van der Waals surface area contributed by atoms with Crippen LogP contribution in [0.25, 0.3) is 0 Å². The fourth-order valence-corrected chi connectivity index (χ4v) is 4.17. The van der Waals surface area contributed by atoms with Crippen molar-refractivity contribution in [3.05, 3.63) is 28.8 Å². The summed E-state index contributed by atoms with van der Waals surface area (Å²) in [5.41, 5.74) is 2.49. The zero-order valence-corrected chi connectivity index (χ0v) is 17.1. The number of anilines is 1. The number of benzene rings is 1. The minimum Gasteiger partial charge on any atom is -0.366 e. The van der Waals surface area contributed by atoms with E-state index in [1.54, 1.807) is 0 Å². The predicted octanol–water partition coefficient (Wildman–Crippen LogP) is 3.72. The molecule has 0 aromatic heterocycles. The van der Waals surface area contributed by atoms with E-state index in [2.05, 4.69) is 27.2 Å². The lowest BCUT2D eigenvalue weighted by Crippen LogP contribution is -2.55. The number of carbonyl (C=O) groups is 1. The Morgan fingerprint density at radius 1 is 1.27 bits per heavy atom. The van der Waals surface area contributed by atoms with E-state index in [0.29, 0.717) is 6.04 Å². The number of nitrogens with zero attached hydrogens (tertiary/aromatic N) is 2. The van der Waals surface area contributed by atoms with Crippen molar-refractivity contribution >= 4 is 23.2 Å². The van der Waals surface area contributed by atoms with Crippen LogP contribution in [0.1, 0.15) is 45.6 Å². The standard InChI is InChI=1S/C21H32ClN3O/c1-21(2,3)20(26)23-10-4-5-11-24-12-13-25-18(15-24)8-6-16-14-17(22)7-9-19(16)25/h7,9,14,18H,4-6,8,10-13,15H2,1-3H3,(H,23,26). The number of amides is 1. The molecule has 1 aromatic rings. The summed E-state index contributed by atoms with van der Waals surface area (Å²) in [5, 5.41) is 3.89. The summed E-state index contributed by atoms with van der Waals surface area (Å²) in [4.78, 5) is 17.0. The number of piperazine rings is 1. The number of halogens is 1. The number of carbonyl (C=O) groups excluding carboxylic acids is 1. The van der Waals surface area contributed by atoms with E-state index in [9.17, 15) is 4.79 Å². The van der Waals surface area contributed by atoms with Crippen LogP contribution in [0.5, 0.6) is 0 Å². The van der Waals surface area contributed by atoms with Gasteiger partial charge in [0.1, 0.15) is 0 Å². The van der Waals surface area contributed by atoms with Gasteiger partial charge in [-0.15, -0.1) is 0 Å². The van der Waals surface area contributed by atoms with Gasteiger partial charge in [0.25, 0.3) is 0 Å². The van der Waals surface area contributed by atoms with Gasteiger partial charge in [0.2, 0.25) is 5.91 Å². The number of unbranched alkanes of at least 4 members (excludes halogenated alkanes) is 1. The van der Waals surface area contributed by atoms with Gasteiger partial charge >= 0.3 is 0 Å². The van der Waals surface area contributed by atoms with Gasteiger partial charge in [0.05, 0.1) is 0 Å². The fourth-order valence-electron chi connectivity index (χ4n) is 3.97. The van der Waals surface area contributed by atoms with Gasteiger partial charge < -0.3 is 10.2 Å². The average molecular weight is 378 g/mol. The first-order chi connectivity index (χ1) is 12.3. The molecule has 0 bridgehead atoms. The van der Waals surface area contributed by atoms with Crippen LogP contribution in [0.2, 0.25) is 5.02 Å². The molecule has 0 saturated carbocycles. The smallest absolute Gasteiger partial charge is 0.225 e. The molecule has 1 amide bonds. The van der Waals surface area contributed by atoms with Crippen LogP contribution in [0.4, 0.5) is 5.69 Å². The lowest BCUT2D eigenvalue weighted by molar-refractivity contribution is -0.128. The van der Waals surface area contributed by atoms with Crippen molar-refractivity contribution < 1.29 is 4.79 Å². The van der Waals surface area contributed by atoms with Crippen molar-refractivity contribution in [3.8, 4) is 0 Å². The zero-order valence-electron chi connectivity index (χ0n) is 16.4. The molecule has 1 unspecified atom stereocenters. The third kappa shape index (κ3) is 4.72. The van der Waals surface area contributed by atoms with Crippen LogP contribution in [-0.2, 0) is 11.2 Å². The third-order valence-electron chi connectivity index (χ3n) is 5.53. The minimum absolute atomic E-state index is 0.145. The second kappa shape index (κ2) is 8.18. The molecular weight excluding hydrogens is 346 g/mol. The fraction of sp³-hybridized carbons (Fsp3) is 0.667. The highest BCUT2D eigenvalue weighted by atomic mass is 35.5. The van der Waals surface area contributed by atoms with E-state index in [1.165, 1.54) is 17.7 Å². The molecule has 1 saturated heterocycles. The molecule has 1 aromatic carbocycles. The third-order valence-corrected chi connectivity index (χ3v) is 5.77. The number of nitrogens with one attached hydrogen (secondary N) is 1. The van der Waals surface area contributed by atoms with Crippen LogP contribution >= 0.6 is 11.6 Å². The Balaban J connectivity index is 1.41. The Bertz CT molecular complexity index is 641. The second-order valence-corrected chi connectivity index (χ2v) is 9.11. The van der Waals surface area contributed by atoms with Crippen LogP contribution in [0, 0.1) is 5.41 Å². The SMILES string of the molecule is CC(C)(C)C(=O)NCCCCN1CCN2c3ccc(Cl)cc3CCC2C1. The van der Waals surface area contributed by atoms with Gasteiger partial charge in [-0.1, -0.05) is 32.4 Å². The molecule has 1 fully saturated rings. The quantitative estimate of drug-likeness (QED) is 0.794. The first-order valence-corrected chi connectivity index (χ1v) is 10.3. The van der Waals surface area contributed by atoms with Crippen molar-refractivity contribution in [2.75, 3.05) is 37.6 Å². The van der Waals surface area contributed by atoms with E-state index < -0.39 is 0 Å². The molecule has 0 radical (unpaired) electrons. The molecule has 4 nitrogen and oxygen atoms in total. The minimum atomic E-state index is -0.294. The van der Waals surface area contributed by atoms with E-state index in [1.807, 2.05) is 26.8 Å². The van der Waals surface area contributed by atoms with E-state index in [0.717, 1.165) is 57.0 Å². The second-order valence-electron chi connectivity index (χ2n) is 8.67. The molecule has 5 heteroatoms. The highest BCUT2D eigenvalue weighted by Crippen LogP contribution is 2.34. The molecule has 0 spiro atoms. The van der Waals surface area contributed by atoms with E-state index >= 15 is 0 Å². The van der Waals surface area contributed by atoms with Crippen molar-refractivity contribution in [1.82, 2.24) is 10.2 Å². The number of aryl methyl sites for hydroxylation is 1. The molecule has 2 aliphatic heterocycles. The van der Waals surface area contributed by atoms with Crippen molar-refractivity contribution in [1.29, 1.82) is 0 Å². The predicted molar refractivity (Wildman–Crippen MR) is 109 cm³/mol. The number of rotatable bonds is 5. The van der Waals surface area contributed by atoms with E-state index in [4.69, 9.17) is 11.6 Å².